The van der Waals surface area contributed by atoms with E-state index < -0.39 is 5.60 Å². The molecule has 2 nitrogen and oxygen atoms in total. The van der Waals surface area contributed by atoms with Crippen molar-refractivity contribution in [2.45, 2.75) is 25.4 Å². The highest BCUT2D eigenvalue weighted by molar-refractivity contribution is 7.09. The Hall–Kier alpha value is -0.380. The summed E-state index contributed by atoms with van der Waals surface area (Å²) in [6, 6.07) is 4.11. The van der Waals surface area contributed by atoms with E-state index in [0.29, 0.717) is 12.5 Å². The van der Waals surface area contributed by atoms with Gasteiger partial charge in [0.2, 0.25) is 0 Å². The minimum absolute atomic E-state index is 0.296. The lowest BCUT2D eigenvalue weighted by atomic mass is 9.85. The maximum absolute atomic E-state index is 10.3. The van der Waals surface area contributed by atoms with Crippen molar-refractivity contribution in [3.05, 3.63) is 22.4 Å². The molecule has 1 aromatic rings. The highest BCUT2D eigenvalue weighted by atomic mass is 32.1. The molecule has 0 amide bonds. The van der Waals surface area contributed by atoms with E-state index in [1.54, 1.807) is 11.3 Å². The Morgan fingerprint density at radius 3 is 3.14 bits per heavy atom. The summed E-state index contributed by atoms with van der Waals surface area (Å²) in [6.07, 6.45) is 1.73. The first-order chi connectivity index (χ1) is 6.68. The molecule has 0 aromatic carbocycles. The van der Waals surface area contributed by atoms with E-state index in [0.717, 1.165) is 19.4 Å². The summed E-state index contributed by atoms with van der Waals surface area (Å²) in [7, 11) is 0. The van der Waals surface area contributed by atoms with Crippen molar-refractivity contribution >= 4 is 11.3 Å². The molecule has 0 aliphatic carbocycles. The van der Waals surface area contributed by atoms with Crippen molar-refractivity contribution in [1.82, 2.24) is 0 Å². The largest absolute Gasteiger partial charge is 0.389 e. The van der Waals surface area contributed by atoms with Gasteiger partial charge >= 0.3 is 0 Å². The molecule has 0 radical (unpaired) electrons. The summed E-state index contributed by atoms with van der Waals surface area (Å²) in [4.78, 5) is 1.25. The second-order valence-electron chi connectivity index (χ2n) is 4.17. The fraction of sp³-hybridized carbons (Fsp3) is 0.636. The summed E-state index contributed by atoms with van der Waals surface area (Å²) < 4.78 is 5.31. The molecule has 0 spiro atoms. The zero-order valence-electron chi connectivity index (χ0n) is 8.40. The Kier molecular flexibility index (Phi) is 2.91. The SMILES string of the molecule is CC(O)(Cc1cccs1)C1CCOC1. The first-order valence-electron chi connectivity index (χ1n) is 5.01. The van der Waals surface area contributed by atoms with E-state index in [1.165, 1.54) is 4.88 Å². The lowest BCUT2D eigenvalue weighted by Gasteiger charge is -2.28. The van der Waals surface area contributed by atoms with Crippen LogP contribution in [0.4, 0.5) is 0 Å². The van der Waals surface area contributed by atoms with Gasteiger partial charge < -0.3 is 9.84 Å². The van der Waals surface area contributed by atoms with Crippen LogP contribution in [-0.4, -0.2) is 23.9 Å². The van der Waals surface area contributed by atoms with Gasteiger partial charge in [-0.2, -0.15) is 0 Å². The normalized spacial score (nSPS) is 26.3. The Morgan fingerprint density at radius 1 is 1.71 bits per heavy atom. The maximum Gasteiger partial charge on any atom is 0.0718 e. The van der Waals surface area contributed by atoms with Gasteiger partial charge in [0.25, 0.3) is 0 Å². The molecule has 1 aliphatic rings. The van der Waals surface area contributed by atoms with E-state index in [4.69, 9.17) is 4.74 Å². The van der Waals surface area contributed by atoms with Gasteiger partial charge in [0.15, 0.2) is 0 Å². The predicted molar refractivity (Wildman–Crippen MR) is 57.6 cm³/mol. The lowest BCUT2D eigenvalue weighted by Crippen LogP contribution is -2.37. The smallest absolute Gasteiger partial charge is 0.0718 e. The van der Waals surface area contributed by atoms with Gasteiger partial charge in [0, 0.05) is 23.8 Å². The third-order valence-corrected chi connectivity index (χ3v) is 3.80. The maximum atomic E-state index is 10.3. The standard InChI is InChI=1S/C11H16O2S/c1-11(12,9-4-5-13-8-9)7-10-3-2-6-14-10/h2-3,6,9,12H,4-5,7-8H2,1H3. The van der Waals surface area contributed by atoms with E-state index >= 15 is 0 Å². The summed E-state index contributed by atoms with van der Waals surface area (Å²) in [6.45, 7) is 3.43. The molecular formula is C11H16O2S. The zero-order chi connectivity index (χ0) is 10.0. The van der Waals surface area contributed by atoms with E-state index in [2.05, 4.69) is 11.4 Å². The number of aliphatic hydroxyl groups is 1. The number of hydrogen-bond acceptors (Lipinski definition) is 3. The number of ether oxygens (including phenoxy) is 1. The molecule has 2 heterocycles. The van der Waals surface area contributed by atoms with Crippen LogP contribution in [0, 0.1) is 5.92 Å². The molecular weight excluding hydrogens is 196 g/mol. The summed E-state index contributed by atoms with van der Waals surface area (Å²) in [5.74, 6) is 0.296. The summed E-state index contributed by atoms with van der Waals surface area (Å²) >= 11 is 1.71. The Morgan fingerprint density at radius 2 is 2.57 bits per heavy atom. The van der Waals surface area contributed by atoms with Gasteiger partial charge in [-0.3, -0.25) is 0 Å². The van der Waals surface area contributed by atoms with Crippen LogP contribution >= 0.6 is 11.3 Å². The number of rotatable bonds is 3. The third kappa shape index (κ3) is 2.16. The van der Waals surface area contributed by atoms with Crippen LogP contribution in [-0.2, 0) is 11.2 Å². The van der Waals surface area contributed by atoms with Crippen LogP contribution in [0.2, 0.25) is 0 Å². The molecule has 78 valence electrons. The molecule has 2 unspecified atom stereocenters. The molecule has 3 heteroatoms. The fourth-order valence-electron chi connectivity index (χ4n) is 1.94. The summed E-state index contributed by atoms with van der Waals surface area (Å²) in [5, 5.41) is 12.4. The van der Waals surface area contributed by atoms with Crippen molar-refractivity contribution in [3.63, 3.8) is 0 Å². The Labute approximate surface area is 88.5 Å². The second kappa shape index (κ2) is 4.01. The van der Waals surface area contributed by atoms with E-state index in [1.807, 2.05) is 13.0 Å². The van der Waals surface area contributed by atoms with Crippen LogP contribution < -0.4 is 0 Å². The first-order valence-corrected chi connectivity index (χ1v) is 5.89. The molecule has 0 bridgehead atoms. The molecule has 1 aliphatic heterocycles. The average Bonchev–Trinajstić information content (AvgIpc) is 2.71. The zero-order valence-corrected chi connectivity index (χ0v) is 9.22. The average molecular weight is 212 g/mol. The molecule has 0 saturated carbocycles. The van der Waals surface area contributed by atoms with E-state index in [-0.39, 0.29) is 0 Å². The fourth-order valence-corrected chi connectivity index (χ4v) is 2.80. The minimum atomic E-state index is -0.610. The monoisotopic (exact) mass is 212 g/mol. The Balaban J connectivity index is 2.00. The molecule has 14 heavy (non-hydrogen) atoms. The van der Waals surface area contributed by atoms with Gasteiger partial charge in [-0.1, -0.05) is 6.07 Å². The summed E-state index contributed by atoms with van der Waals surface area (Å²) in [5.41, 5.74) is -0.610. The van der Waals surface area contributed by atoms with Gasteiger partial charge in [0.1, 0.15) is 0 Å². The highest BCUT2D eigenvalue weighted by Crippen LogP contribution is 2.30. The molecule has 2 atom stereocenters. The van der Waals surface area contributed by atoms with Crippen molar-refractivity contribution in [2.75, 3.05) is 13.2 Å². The van der Waals surface area contributed by atoms with Gasteiger partial charge in [-0.05, 0) is 24.8 Å². The molecule has 2 rings (SSSR count). The molecule has 1 saturated heterocycles. The van der Waals surface area contributed by atoms with Crippen LogP contribution in [0.1, 0.15) is 18.2 Å². The third-order valence-electron chi connectivity index (χ3n) is 2.92. The molecule has 1 aromatic heterocycles. The van der Waals surface area contributed by atoms with Gasteiger partial charge in [-0.25, -0.2) is 0 Å². The minimum Gasteiger partial charge on any atom is -0.389 e. The van der Waals surface area contributed by atoms with Crippen LogP contribution in [0.3, 0.4) is 0 Å². The van der Waals surface area contributed by atoms with Gasteiger partial charge in [0.05, 0.1) is 12.2 Å². The highest BCUT2D eigenvalue weighted by Gasteiger charge is 2.34. The molecule has 1 N–H and O–H groups in total. The first kappa shape index (κ1) is 10.1. The van der Waals surface area contributed by atoms with Crippen LogP contribution in [0.5, 0.6) is 0 Å². The lowest BCUT2D eigenvalue weighted by molar-refractivity contribution is -0.00389. The quantitative estimate of drug-likeness (QED) is 0.831. The van der Waals surface area contributed by atoms with Crippen molar-refractivity contribution in [1.29, 1.82) is 0 Å². The topological polar surface area (TPSA) is 29.5 Å². The molecule has 1 fully saturated rings. The van der Waals surface area contributed by atoms with Crippen LogP contribution in [0.15, 0.2) is 17.5 Å². The number of hydrogen-bond donors (Lipinski definition) is 1. The predicted octanol–water partition coefficient (Wildman–Crippen LogP) is 2.08. The van der Waals surface area contributed by atoms with Crippen molar-refractivity contribution in [2.24, 2.45) is 5.92 Å². The van der Waals surface area contributed by atoms with E-state index in [9.17, 15) is 5.11 Å². The number of thiophene rings is 1. The van der Waals surface area contributed by atoms with Gasteiger partial charge in [-0.15, -0.1) is 11.3 Å². The van der Waals surface area contributed by atoms with Crippen LogP contribution in [0.25, 0.3) is 0 Å². The second-order valence-corrected chi connectivity index (χ2v) is 5.21. The van der Waals surface area contributed by atoms with Crippen molar-refractivity contribution in [3.8, 4) is 0 Å². The van der Waals surface area contributed by atoms with Crippen molar-refractivity contribution < 1.29 is 9.84 Å². The Bertz CT molecular complexity index is 273.